The number of halogens is 2. The summed E-state index contributed by atoms with van der Waals surface area (Å²) in [5.41, 5.74) is 1.04. The summed E-state index contributed by atoms with van der Waals surface area (Å²) in [7, 11) is 0. The lowest BCUT2D eigenvalue weighted by Crippen LogP contribution is -2.19. The van der Waals surface area contributed by atoms with E-state index >= 15 is 0 Å². The van der Waals surface area contributed by atoms with Gasteiger partial charge in [0.05, 0.1) is 13.1 Å². The fourth-order valence-electron chi connectivity index (χ4n) is 1.89. The zero-order chi connectivity index (χ0) is 13.2. The van der Waals surface area contributed by atoms with E-state index < -0.39 is 0 Å². The summed E-state index contributed by atoms with van der Waals surface area (Å²) < 4.78 is 2.88. The molecule has 4 nitrogen and oxygen atoms in total. The largest absolute Gasteiger partial charge is 0.307 e. The van der Waals surface area contributed by atoms with Crippen LogP contribution < -0.4 is 5.32 Å². The molecule has 0 amide bonds. The molecule has 1 saturated carbocycles. The lowest BCUT2D eigenvalue weighted by molar-refractivity contribution is 0.583. The van der Waals surface area contributed by atoms with E-state index in [1.165, 1.54) is 12.8 Å². The third-order valence-corrected chi connectivity index (χ3v) is 4.00. The van der Waals surface area contributed by atoms with Gasteiger partial charge in [-0.05, 0) is 30.5 Å². The predicted octanol–water partition coefficient (Wildman–Crippen LogP) is 2.99. The first-order valence-electron chi connectivity index (χ1n) is 6.26. The summed E-state index contributed by atoms with van der Waals surface area (Å²) in [6.45, 7) is 1.41. The average molecular weight is 342 g/mol. The van der Waals surface area contributed by atoms with Crippen LogP contribution in [0.25, 0.3) is 0 Å². The fraction of sp³-hybridized carbons (Fsp3) is 0.385. The van der Waals surface area contributed by atoms with Crippen molar-refractivity contribution in [3.05, 3.63) is 45.4 Å². The Hall–Kier alpha value is -0.910. The predicted molar refractivity (Wildman–Crippen MR) is 78.1 cm³/mol. The molecule has 3 rings (SSSR count). The van der Waals surface area contributed by atoms with Gasteiger partial charge in [-0.1, -0.05) is 33.6 Å². The number of hydrogen-bond donors (Lipinski definition) is 1. The lowest BCUT2D eigenvalue weighted by atomic mass is 10.2. The van der Waals surface area contributed by atoms with Crippen molar-refractivity contribution < 1.29 is 0 Å². The van der Waals surface area contributed by atoms with Crippen LogP contribution in [-0.4, -0.2) is 20.8 Å². The molecule has 0 unspecified atom stereocenters. The minimum absolute atomic E-state index is 0.647. The van der Waals surface area contributed by atoms with Gasteiger partial charge in [-0.25, -0.2) is 9.67 Å². The molecule has 2 aromatic rings. The molecule has 19 heavy (non-hydrogen) atoms. The summed E-state index contributed by atoms with van der Waals surface area (Å²) in [6, 6.07) is 6.56. The number of hydrogen-bond acceptors (Lipinski definition) is 3. The second-order valence-corrected chi connectivity index (χ2v) is 6.05. The molecule has 0 radical (unpaired) electrons. The van der Waals surface area contributed by atoms with Gasteiger partial charge in [0, 0.05) is 15.5 Å². The molecule has 1 N–H and O–H groups in total. The third-order valence-electron chi connectivity index (χ3n) is 3.16. The average Bonchev–Trinajstić information content (AvgIpc) is 3.11. The maximum atomic E-state index is 6.23. The molecule has 100 valence electrons. The zero-order valence-electron chi connectivity index (χ0n) is 10.3. The van der Waals surface area contributed by atoms with Crippen LogP contribution in [0.15, 0.2) is 29.0 Å². The highest BCUT2D eigenvalue weighted by Crippen LogP contribution is 2.22. The second-order valence-electron chi connectivity index (χ2n) is 4.72. The molecule has 6 heteroatoms. The van der Waals surface area contributed by atoms with Crippen molar-refractivity contribution in [1.82, 2.24) is 20.1 Å². The number of nitrogens with zero attached hydrogens (tertiary/aromatic N) is 3. The molecule has 0 aliphatic heterocycles. The zero-order valence-corrected chi connectivity index (χ0v) is 12.7. The molecular weight excluding hydrogens is 328 g/mol. The van der Waals surface area contributed by atoms with E-state index in [0.717, 1.165) is 27.4 Å². The Morgan fingerprint density at radius 3 is 3.00 bits per heavy atom. The molecular formula is C13H14BrClN4. The molecule has 1 aromatic heterocycles. The maximum Gasteiger partial charge on any atom is 0.141 e. The van der Waals surface area contributed by atoms with Crippen LogP contribution >= 0.6 is 27.5 Å². The lowest BCUT2D eigenvalue weighted by Gasteiger charge is -2.08. The van der Waals surface area contributed by atoms with Crippen LogP contribution in [-0.2, 0) is 13.1 Å². The molecule has 1 heterocycles. The smallest absolute Gasteiger partial charge is 0.141 e. The van der Waals surface area contributed by atoms with Gasteiger partial charge in [-0.3, -0.25) is 0 Å². The molecule has 1 aromatic carbocycles. The van der Waals surface area contributed by atoms with Crippen LogP contribution in [0.3, 0.4) is 0 Å². The summed E-state index contributed by atoms with van der Waals surface area (Å²) in [4.78, 5) is 4.30. The molecule has 0 saturated heterocycles. The summed E-state index contributed by atoms with van der Waals surface area (Å²) in [5.74, 6) is 0.950. The molecule has 0 atom stereocenters. The number of benzene rings is 1. The van der Waals surface area contributed by atoms with E-state index in [0.29, 0.717) is 12.6 Å². The highest BCUT2D eigenvalue weighted by Gasteiger charge is 2.21. The van der Waals surface area contributed by atoms with Gasteiger partial charge in [0.25, 0.3) is 0 Å². The van der Waals surface area contributed by atoms with Crippen molar-refractivity contribution in [3.8, 4) is 0 Å². The van der Waals surface area contributed by atoms with Gasteiger partial charge in [0.1, 0.15) is 12.2 Å². The molecule has 0 spiro atoms. The standard InChI is InChI=1S/C13H14BrClN4/c14-10-2-1-9(12(15)5-10)7-19-13(17-8-18-19)6-16-11-3-4-11/h1-2,5,8,11,16H,3-4,6-7H2. The molecule has 1 aliphatic rings. The Kier molecular flexibility index (Phi) is 3.86. The van der Waals surface area contributed by atoms with Crippen LogP contribution in [0.1, 0.15) is 24.2 Å². The van der Waals surface area contributed by atoms with E-state index in [1.807, 2.05) is 22.9 Å². The summed E-state index contributed by atoms with van der Waals surface area (Å²) >= 11 is 9.64. The highest BCUT2D eigenvalue weighted by molar-refractivity contribution is 9.10. The quantitative estimate of drug-likeness (QED) is 0.909. The van der Waals surface area contributed by atoms with E-state index in [4.69, 9.17) is 11.6 Å². The molecule has 1 aliphatic carbocycles. The van der Waals surface area contributed by atoms with E-state index in [-0.39, 0.29) is 0 Å². The van der Waals surface area contributed by atoms with Crippen molar-refractivity contribution in [2.75, 3.05) is 0 Å². The van der Waals surface area contributed by atoms with Gasteiger partial charge in [-0.2, -0.15) is 5.10 Å². The number of nitrogens with one attached hydrogen (secondary N) is 1. The molecule has 1 fully saturated rings. The Morgan fingerprint density at radius 2 is 2.26 bits per heavy atom. The van der Waals surface area contributed by atoms with Gasteiger partial charge in [-0.15, -0.1) is 0 Å². The van der Waals surface area contributed by atoms with E-state index in [9.17, 15) is 0 Å². The minimum Gasteiger partial charge on any atom is -0.307 e. The Bertz CT molecular complexity index is 580. The summed E-state index contributed by atoms with van der Waals surface area (Å²) in [6.07, 6.45) is 4.13. The monoisotopic (exact) mass is 340 g/mol. The summed E-state index contributed by atoms with van der Waals surface area (Å²) in [5, 5.41) is 8.46. The van der Waals surface area contributed by atoms with Crippen LogP contribution in [0, 0.1) is 0 Å². The highest BCUT2D eigenvalue weighted by atomic mass is 79.9. The van der Waals surface area contributed by atoms with Gasteiger partial charge >= 0.3 is 0 Å². The first-order valence-corrected chi connectivity index (χ1v) is 7.43. The number of aromatic nitrogens is 3. The van der Waals surface area contributed by atoms with E-state index in [1.54, 1.807) is 6.33 Å². The van der Waals surface area contributed by atoms with Crippen LogP contribution in [0.4, 0.5) is 0 Å². The second kappa shape index (κ2) is 5.61. The molecule has 0 bridgehead atoms. The Labute approximate surface area is 125 Å². The van der Waals surface area contributed by atoms with Gasteiger partial charge < -0.3 is 5.32 Å². The van der Waals surface area contributed by atoms with Crippen molar-refractivity contribution in [2.24, 2.45) is 0 Å². The normalized spacial score (nSPS) is 14.8. The maximum absolute atomic E-state index is 6.23. The van der Waals surface area contributed by atoms with Crippen molar-refractivity contribution in [1.29, 1.82) is 0 Å². The van der Waals surface area contributed by atoms with Crippen LogP contribution in [0.5, 0.6) is 0 Å². The topological polar surface area (TPSA) is 42.7 Å². The first kappa shape index (κ1) is 13.1. The van der Waals surface area contributed by atoms with Crippen molar-refractivity contribution in [3.63, 3.8) is 0 Å². The first-order chi connectivity index (χ1) is 9.22. The van der Waals surface area contributed by atoms with Crippen molar-refractivity contribution >= 4 is 27.5 Å². The fourth-order valence-corrected chi connectivity index (χ4v) is 2.62. The Balaban J connectivity index is 1.73. The van der Waals surface area contributed by atoms with E-state index in [2.05, 4.69) is 31.3 Å². The van der Waals surface area contributed by atoms with Crippen molar-refractivity contribution in [2.45, 2.75) is 32.0 Å². The number of rotatable bonds is 5. The van der Waals surface area contributed by atoms with Crippen LogP contribution in [0.2, 0.25) is 5.02 Å². The third kappa shape index (κ3) is 3.35. The van der Waals surface area contributed by atoms with Gasteiger partial charge in [0.15, 0.2) is 0 Å². The SMILES string of the molecule is Clc1cc(Br)ccc1Cn1ncnc1CNC1CC1. The van der Waals surface area contributed by atoms with Gasteiger partial charge in [0.2, 0.25) is 0 Å². The minimum atomic E-state index is 0.647. The Morgan fingerprint density at radius 1 is 1.42 bits per heavy atom.